The van der Waals surface area contributed by atoms with E-state index in [0.717, 1.165) is 5.69 Å². The Morgan fingerprint density at radius 1 is 1.15 bits per heavy atom. The Kier molecular flexibility index (Phi) is 4.24. The zero-order valence-corrected chi connectivity index (χ0v) is 14.8. The fraction of sp³-hybridized carbons (Fsp3) is 0.300. The summed E-state index contributed by atoms with van der Waals surface area (Å²) in [7, 11) is 0. The van der Waals surface area contributed by atoms with Crippen LogP contribution in [0.4, 0.5) is 5.69 Å². The van der Waals surface area contributed by atoms with Crippen LogP contribution in [0.2, 0.25) is 0 Å². The number of benzene rings is 1. The molecule has 3 aromatic rings. The highest BCUT2D eigenvalue weighted by molar-refractivity contribution is 5.96. The van der Waals surface area contributed by atoms with Crippen LogP contribution in [0.25, 0.3) is 11.5 Å². The van der Waals surface area contributed by atoms with Crippen molar-refractivity contribution in [3.8, 4) is 11.5 Å². The molecule has 6 nitrogen and oxygen atoms in total. The largest absolute Gasteiger partial charge is 0.339 e. The lowest BCUT2D eigenvalue weighted by molar-refractivity contribution is -0.117. The summed E-state index contributed by atoms with van der Waals surface area (Å²) in [4.78, 5) is 22.9. The molecule has 1 aliphatic rings. The molecule has 2 aromatic heterocycles. The first-order valence-electron chi connectivity index (χ1n) is 8.77. The van der Waals surface area contributed by atoms with E-state index in [0.29, 0.717) is 36.3 Å². The summed E-state index contributed by atoms with van der Waals surface area (Å²) >= 11 is 0. The number of amides is 1. The van der Waals surface area contributed by atoms with Gasteiger partial charge >= 0.3 is 0 Å². The molecule has 0 radical (unpaired) electrons. The first-order chi connectivity index (χ1) is 12.6. The number of carbonyl (C=O) groups is 1. The predicted octanol–water partition coefficient (Wildman–Crippen LogP) is 3.78. The molecule has 0 spiro atoms. The van der Waals surface area contributed by atoms with E-state index in [1.54, 1.807) is 11.1 Å². The van der Waals surface area contributed by atoms with Crippen molar-refractivity contribution in [1.82, 2.24) is 15.1 Å². The summed E-state index contributed by atoms with van der Waals surface area (Å²) < 4.78 is 5.41. The number of anilines is 1. The molecular formula is C20H20N4O2. The zero-order chi connectivity index (χ0) is 18.1. The number of nitrogens with zero attached hydrogens (tertiary/aromatic N) is 4. The third-order valence-electron chi connectivity index (χ3n) is 4.68. The van der Waals surface area contributed by atoms with Crippen molar-refractivity contribution in [2.24, 2.45) is 0 Å². The Labute approximate surface area is 151 Å². The highest BCUT2D eigenvalue weighted by Crippen LogP contribution is 2.32. The van der Waals surface area contributed by atoms with Gasteiger partial charge in [-0.05, 0) is 35.7 Å². The molecule has 0 saturated carbocycles. The van der Waals surface area contributed by atoms with Gasteiger partial charge in [-0.3, -0.25) is 9.78 Å². The number of hydrogen-bond acceptors (Lipinski definition) is 5. The lowest BCUT2D eigenvalue weighted by Gasteiger charge is -2.17. The molecule has 1 atom stereocenters. The Hall–Kier alpha value is -3.02. The molecular weight excluding hydrogens is 328 g/mol. The van der Waals surface area contributed by atoms with Gasteiger partial charge in [0, 0.05) is 24.8 Å². The fourth-order valence-corrected chi connectivity index (χ4v) is 3.16. The SMILES string of the molecule is CC(C)c1ccc(N2CC(c3nc(-c4ccccn4)no3)CC2=O)cc1. The van der Waals surface area contributed by atoms with Crippen molar-refractivity contribution in [3.05, 3.63) is 60.1 Å². The molecule has 1 unspecified atom stereocenters. The van der Waals surface area contributed by atoms with Crippen molar-refractivity contribution in [1.29, 1.82) is 0 Å². The van der Waals surface area contributed by atoms with E-state index in [-0.39, 0.29) is 11.8 Å². The second kappa shape index (κ2) is 6.71. The van der Waals surface area contributed by atoms with E-state index in [9.17, 15) is 4.79 Å². The van der Waals surface area contributed by atoms with Crippen molar-refractivity contribution >= 4 is 11.6 Å². The van der Waals surface area contributed by atoms with Crippen LogP contribution in [0, 0.1) is 0 Å². The summed E-state index contributed by atoms with van der Waals surface area (Å²) in [6.45, 7) is 4.85. The van der Waals surface area contributed by atoms with Crippen LogP contribution < -0.4 is 4.90 Å². The molecule has 1 saturated heterocycles. The lowest BCUT2D eigenvalue weighted by atomic mass is 10.0. The van der Waals surface area contributed by atoms with Gasteiger partial charge in [0.15, 0.2) is 0 Å². The van der Waals surface area contributed by atoms with E-state index in [2.05, 4.69) is 41.1 Å². The van der Waals surface area contributed by atoms with Crippen LogP contribution in [-0.4, -0.2) is 27.6 Å². The van der Waals surface area contributed by atoms with Crippen LogP contribution in [0.3, 0.4) is 0 Å². The molecule has 0 bridgehead atoms. The lowest BCUT2D eigenvalue weighted by Crippen LogP contribution is -2.24. The summed E-state index contributed by atoms with van der Waals surface area (Å²) in [5.74, 6) is 1.38. The normalized spacial score (nSPS) is 17.3. The van der Waals surface area contributed by atoms with Gasteiger partial charge in [0.05, 0.1) is 5.92 Å². The van der Waals surface area contributed by atoms with Crippen LogP contribution in [0.1, 0.15) is 43.6 Å². The molecule has 0 N–H and O–H groups in total. The van der Waals surface area contributed by atoms with Crippen LogP contribution in [0.15, 0.2) is 53.2 Å². The highest BCUT2D eigenvalue weighted by Gasteiger charge is 2.35. The fourth-order valence-electron chi connectivity index (χ4n) is 3.16. The first-order valence-corrected chi connectivity index (χ1v) is 8.77. The van der Waals surface area contributed by atoms with E-state index in [1.165, 1.54) is 5.56 Å². The molecule has 4 rings (SSSR count). The topological polar surface area (TPSA) is 72.1 Å². The van der Waals surface area contributed by atoms with E-state index >= 15 is 0 Å². The summed E-state index contributed by atoms with van der Waals surface area (Å²) in [6, 6.07) is 13.7. The minimum atomic E-state index is -0.0998. The van der Waals surface area contributed by atoms with Gasteiger partial charge in [0.2, 0.25) is 17.6 Å². The Morgan fingerprint density at radius 2 is 1.96 bits per heavy atom. The maximum atomic E-state index is 12.5. The van der Waals surface area contributed by atoms with Gasteiger partial charge in [0.1, 0.15) is 5.69 Å². The Balaban J connectivity index is 1.52. The Morgan fingerprint density at radius 3 is 2.65 bits per heavy atom. The van der Waals surface area contributed by atoms with Gasteiger partial charge in [-0.1, -0.05) is 37.2 Å². The minimum absolute atomic E-state index is 0.0740. The number of aromatic nitrogens is 3. The maximum absolute atomic E-state index is 12.5. The number of hydrogen-bond donors (Lipinski definition) is 0. The highest BCUT2D eigenvalue weighted by atomic mass is 16.5. The molecule has 1 fully saturated rings. The summed E-state index contributed by atoms with van der Waals surface area (Å²) in [6.07, 6.45) is 2.06. The van der Waals surface area contributed by atoms with Gasteiger partial charge < -0.3 is 9.42 Å². The minimum Gasteiger partial charge on any atom is -0.339 e. The molecule has 1 amide bonds. The molecule has 6 heteroatoms. The molecule has 0 aliphatic carbocycles. The van der Waals surface area contributed by atoms with Crippen molar-refractivity contribution in [3.63, 3.8) is 0 Å². The van der Waals surface area contributed by atoms with Gasteiger partial charge in [0.25, 0.3) is 0 Å². The molecule has 26 heavy (non-hydrogen) atoms. The predicted molar refractivity (Wildman–Crippen MR) is 97.8 cm³/mol. The second-order valence-electron chi connectivity index (χ2n) is 6.82. The average Bonchev–Trinajstić information content (AvgIpc) is 3.29. The number of pyridine rings is 1. The number of carbonyl (C=O) groups excluding carboxylic acids is 1. The van der Waals surface area contributed by atoms with Crippen LogP contribution in [-0.2, 0) is 4.79 Å². The van der Waals surface area contributed by atoms with Crippen molar-refractivity contribution in [2.75, 3.05) is 11.4 Å². The molecule has 1 aromatic carbocycles. The van der Waals surface area contributed by atoms with Crippen molar-refractivity contribution in [2.45, 2.75) is 32.1 Å². The number of rotatable bonds is 4. The first kappa shape index (κ1) is 16.4. The van der Waals surface area contributed by atoms with Gasteiger partial charge in [-0.2, -0.15) is 4.98 Å². The van der Waals surface area contributed by atoms with Crippen molar-refractivity contribution < 1.29 is 9.32 Å². The third kappa shape index (κ3) is 3.10. The zero-order valence-electron chi connectivity index (χ0n) is 14.8. The molecule has 3 heterocycles. The monoisotopic (exact) mass is 348 g/mol. The Bertz CT molecular complexity index is 903. The second-order valence-corrected chi connectivity index (χ2v) is 6.82. The molecule has 1 aliphatic heterocycles. The van der Waals surface area contributed by atoms with Crippen LogP contribution >= 0.6 is 0 Å². The van der Waals surface area contributed by atoms with Gasteiger partial charge in [-0.25, -0.2) is 0 Å². The smallest absolute Gasteiger partial charge is 0.232 e. The standard InChI is InChI=1S/C20H20N4O2/c1-13(2)14-6-8-16(9-7-14)24-12-15(11-18(24)25)20-22-19(23-26-20)17-5-3-4-10-21-17/h3-10,13,15H,11-12H2,1-2H3. The molecule has 132 valence electrons. The van der Waals surface area contributed by atoms with Gasteiger partial charge in [-0.15, -0.1) is 0 Å². The quantitative estimate of drug-likeness (QED) is 0.717. The summed E-state index contributed by atoms with van der Waals surface area (Å²) in [5.41, 5.74) is 2.83. The maximum Gasteiger partial charge on any atom is 0.232 e. The summed E-state index contributed by atoms with van der Waals surface area (Å²) in [5, 5.41) is 4.01. The van der Waals surface area contributed by atoms with E-state index < -0.39 is 0 Å². The average molecular weight is 348 g/mol. The van der Waals surface area contributed by atoms with E-state index in [4.69, 9.17) is 4.52 Å². The van der Waals surface area contributed by atoms with Crippen LogP contribution in [0.5, 0.6) is 0 Å². The van der Waals surface area contributed by atoms with E-state index in [1.807, 2.05) is 30.3 Å². The third-order valence-corrected chi connectivity index (χ3v) is 4.68.